The molecule has 5 nitrogen and oxygen atoms in total. The van der Waals surface area contributed by atoms with Crippen LogP contribution in [0.4, 0.5) is 5.69 Å². The first-order chi connectivity index (χ1) is 9.95. The van der Waals surface area contributed by atoms with Gasteiger partial charge < -0.3 is 20.3 Å². The van der Waals surface area contributed by atoms with E-state index >= 15 is 0 Å². The molecule has 0 aromatic heterocycles. The van der Waals surface area contributed by atoms with Crippen molar-refractivity contribution < 1.29 is 9.53 Å². The molecule has 5 heteroatoms. The van der Waals surface area contributed by atoms with E-state index in [-0.39, 0.29) is 12.5 Å². The van der Waals surface area contributed by atoms with Crippen molar-refractivity contribution in [1.29, 1.82) is 0 Å². The lowest BCUT2D eigenvalue weighted by Gasteiger charge is -2.26. The van der Waals surface area contributed by atoms with Gasteiger partial charge in [-0.15, -0.1) is 0 Å². The normalized spacial score (nSPS) is 15.6. The van der Waals surface area contributed by atoms with E-state index in [1.165, 1.54) is 0 Å². The van der Waals surface area contributed by atoms with Gasteiger partial charge in [-0.25, -0.2) is 0 Å². The maximum absolute atomic E-state index is 11.4. The number of anilines is 1. The zero-order valence-electron chi connectivity index (χ0n) is 13.3. The molecule has 0 saturated carbocycles. The average Bonchev–Trinajstić information content (AvgIpc) is 2.42. The molecule has 0 saturated heterocycles. The standard InChI is InChI=1S/C16H25N3O2/c1-11(2)14(9-19(3)4)17-8-12-5-6-15-13(7-12)18-16(20)10-21-15/h5-7,11,14,17H,8-10H2,1-4H3,(H,18,20). The van der Waals surface area contributed by atoms with E-state index in [0.717, 1.165) is 30.1 Å². The first-order valence-corrected chi connectivity index (χ1v) is 7.39. The Hall–Kier alpha value is -1.59. The number of fused-ring (bicyclic) bond motifs is 1. The van der Waals surface area contributed by atoms with Gasteiger partial charge in [-0.1, -0.05) is 19.9 Å². The lowest BCUT2D eigenvalue weighted by atomic mass is 10.0. The summed E-state index contributed by atoms with van der Waals surface area (Å²) in [4.78, 5) is 13.5. The van der Waals surface area contributed by atoms with Gasteiger partial charge in [0.15, 0.2) is 6.61 Å². The third-order valence-electron chi connectivity index (χ3n) is 3.61. The molecule has 0 aliphatic carbocycles. The lowest BCUT2D eigenvalue weighted by molar-refractivity contribution is -0.118. The second-order valence-corrected chi connectivity index (χ2v) is 6.16. The Morgan fingerprint density at radius 1 is 1.38 bits per heavy atom. The third-order valence-corrected chi connectivity index (χ3v) is 3.61. The highest BCUT2D eigenvalue weighted by Crippen LogP contribution is 2.28. The molecule has 0 radical (unpaired) electrons. The number of hydrogen-bond acceptors (Lipinski definition) is 4. The van der Waals surface area contributed by atoms with Gasteiger partial charge in [0.05, 0.1) is 5.69 Å². The minimum atomic E-state index is -0.0970. The maximum atomic E-state index is 11.4. The van der Waals surface area contributed by atoms with Crippen molar-refractivity contribution in [3.05, 3.63) is 23.8 Å². The van der Waals surface area contributed by atoms with Crippen molar-refractivity contribution >= 4 is 11.6 Å². The van der Waals surface area contributed by atoms with Gasteiger partial charge in [0, 0.05) is 19.1 Å². The molecule has 1 aromatic carbocycles. The second kappa shape index (κ2) is 6.91. The second-order valence-electron chi connectivity index (χ2n) is 6.16. The summed E-state index contributed by atoms with van der Waals surface area (Å²) in [6, 6.07) is 6.37. The highest BCUT2D eigenvalue weighted by molar-refractivity contribution is 5.95. The van der Waals surface area contributed by atoms with E-state index in [2.05, 4.69) is 43.5 Å². The molecule has 1 aliphatic rings. The van der Waals surface area contributed by atoms with Crippen LogP contribution in [-0.2, 0) is 11.3 Å². The maximum Gasteiger partial charge on any atom is 0.262 e. The molecule has 2 N–H and O–H groups in total. The summed E-state index contributed by atoms with van der Waals surface area (Å²) in [5, 5.41) is 6.43. The Balaban J connectivity index is 1.99. The van der Waals surface area contributed by atoms with Crippen LogP contribution < -0.4 is 15.4 Å². The lowest BCUT2D eigenvalue weighted by Crippen LogP contribution is -2.41. The van der Waals surface area contributed by atoms with Crippen LogP contribution in [0.2, 0.25) is 0 Å². The predicted molar refractivity (Wildman–Crippen MR) is 84.6 cm³/mol. The predicted octanol–water partition coefficient (Wildman–Crippen LogP) is 1.69. The Labute approximate surface area is 126 Å². The van der Waals surface area contributed by atoms with Crippen LogP contribution in [0, 0.1) is 5.92 Å². The topological polar surface area (TPSA) is 53.6 Å². The minimum absolute atomic E-state index is 0.0970. The fraction of sp³-hybridized carbons (Fsp3) is 0.562. The van der Waals surface area contributed by atoms with E-state index in [9.17, 15) is 4.79 Å². The van der Waals surface area contributed by atoms with Gasteiger partial charge in [0.1, 0.15) is 5.75 Å². The first-order valence-electron chi connectivity index (χ1n) is 7.39. The average molecular weight is 291 g/mol. The summed E-state index contributed by atoms with van der Waals surface area (Å²) in [5.41, 5.74) is 1.91. The fourth-order valence-electron chi connectivity index (χ4n) is 2.39. The Kier molecular flexibility index (Phi) is 5.20. The number of likely N-dealkylation sites (N-methyl/N-ethyl adjacent to an activating group) is 1. The van der Waals surface area contributed by atoms with E-state index < -0.39 is 0 Å². The number of carbonyl (C=O) groups excluding carboxylic acids is 1. The summed E-state index contributed by atoms with van der Waals surface area (Å²) in [6.45, 7) is 6.33. The Morgan fingerprint density at radius 2 is 2.14 bits per heavy atom. The monoisotopic (exact) mass is 291 g/mol. The molecule has 1 unspecified atom stereocenters. The van der Waals surface area contributed by atoms with Crippen molar-refractivity contribution in [3.63, 3.8) is 0 Å². The first kappa shape index (κ1) is 15.8. The molecule has 21 heavy (non-hydrogen) atoms. The van der Waals surface area contributed by atoms with Crippen LogP contribution >= 0.6 is 0 Å². The fourth-order valence-corrected chi connectivity index (χ4v) is 2.39. The number of rotatable bonds is 6. The summed E-state index contributed by atoms with van der Waals surface area (Å²) in [5.74, 6) is 1.21. The van der Waals surface area contributed by atoms with Gasteiger partial charge in [0.2, 0.25) is 0 Å². The molecule has 0 bridgehead atoms. The van der Waals surface area contributed by atoms with Crippen molar-refractivity contribution in [3.8, 4) is 5.75 Å². The number of nitrogens with zero attached hydrogens (tertiary/aromatic N) is 1. The van der Waals surface area contributed by atoms with Gasteiger partial charge in [-0.3, -0.25) is 4.79 Å². The molecule has 1 aromatic rings. The van der Waals surface area contributed by atoms with Crippen molar-refractivity contribution in [1.82, 2.24) is 10.2 Å². The van der Waals surface area contributed by atoms with Crippen LogP contribution in [0.1, 0.15) is 19.4 Å². The summed E-state index contributed by atoms with van der Waals surface area (Å²) >= 11 is 0. The van der Waals surface area contributed by atoms with E-state index in [4.69, 9.17) is 4.74 Å². The van der Waals surface area contributed by atoms with Crippen molar-refractivity contribution in [2.75, 3.05) is 32.6 Å². The molecular weight excluding hydrogens is 266 g/mol. The van der Waals surface area contributed by atoms with Crippen molar-refractivity contribution in [2.24, 2.45) is 5.92 Å². The zero-order chi connectivity index (χ0) is 15.4. The van der Waals surface area contributed by atoms with Gasteiger partial charge in [-0.05, 0) is 37.7 Å². The minimum Gasteiger partial charge on any atom is -0.482 e. The van der Waals surface area contributed by atoms with Crippen LogP contribution in [0.3, 0.4) is 0 Å². The molecule has 1 aliphatic heterocycles. The molecule has 1 amide bonds. The Bertz CT molecular complexity index is 500. The number of benzene rings is 1. The largest absolute Gasteiger partial charge is 0.482 e. The van der Waals surface area contributed by atoms with Gasteiger partial charge in [0.25, 0.3) is 5.91 Å². The molecule has 0 fully saturated rings. The molecule has 116 valence electrons. The molecule has 1 heterocycles. The number of ether oxygens (including phenoxy) is 1. The molecule has 2 rings (SSSR count). The van der Waals surface area contributed by atoms with Crippen molar-refractivity contribution in [2.45, 2.75) is 26.4 Å². The highest BCUT2D eigenvalue weighted by atomic mass is 16.5. The van der Waals surface area contributed by atoms with E-state index in [1.807, 2.05) is 18.2 Å². The van der Waals surface area contributed by atoms with Gasteiger partial charge >= 0.3 is 0 Å². The van der Waals surface area contributed by atoms with Crippen LogP contribution in [0.25, 0.3) is 0 Å². The highest BCUT2D eigenvalue weighted by Gasteiger charge is 2.17. The van der Waals surface area contributed by atoms with Gasteiger partial charge in [-0.2, -0.15) is 0 Å². The smallest absolute Gasteiger partial charge is 0.262 e. The van der Waals surface area contributed by atoms with Crippen LogP contribution in [-0.4, -0.2) is 44.1 Å². The van der Waals surface area contributed by atoms with Crippen LogP contribution in [0.15, 0.2) is 18.2 Å². The number of nitrogens with one attached hydrogen (secondary N) is 2. The number of hydrogen-bond donors (Lipinski definition) is 2. The number of carbonyl (C=O) groups is 1. The SMILES string of the molecule is CC(C)C(CN(C)C)NCc1ccc2c(c1)NC(=O)CO2. The summed E-state index contributed by atoms with van der Waals surface area (Å²) in [7, 11) is 4.17. The van der Waals surface area contributed by atoms with E-state index in [1.54, 1.807) is 0 Å². The van der Waals surface area contributed by atoms with Crippen LogP contribution in [0.5, 0.6) is 5.75 Å². The molecule has 1 atom stereocenters. The quantitative estimate of drug-likeness (QED) is 0.837. The molecule has 0 spiro atoms. The molecular formula is C16H25N3O2. The number of amides is 1. The summed E-state index contributed by atoms with van der Waals surface area (Å²) in [6.07, 6.45) is 0. The van der Waals surface area contributed by atoms with E-state index in [0.29, 0.717) is 12.0 Å². The Morgan fingerprint density at radius 3 is 2.81 bits per heavy atom. The summed E-state index contributed by atoms with van der Waals surface area (Å²) < 4.78 is 5.37. The third kappa shape index (κ3) is 4.44. The zero-order valence-corrected chi connectivity index (χ0v) is 13.3.